The molecule has 0 saturated carbocycles. The zero-order valence-electron chi connectivity index (χ0n) is 12.4. The first kappa shape index (κ1) is 19.3. The molecule has 0 spiro atoms. The summed E-state index contributed by atoms with van der Waals surface area (Å²) < 4.78 is 27.6. The SMILES string of the molecule is CC=CC(=O)OCC(O)CP(=O)(OCCC)OCCC. The van der Waals surface area contributed by atoms with Gasteiger partial charge in [-0.25, -0.2) is 4.79 Å². The second-order valence-corrected chi connectivity index (χ2v) is 6.35. The Labute approximate surface area is 120 Å². The molecule has 1 atom stereocenters. The summed E-state index contributed by atoms with van der Waals surface area (Å²) in [4.78, 5) is 11.1. The Morgan fingerprint density at radius 3 is 2.25 bits per heavy atom. The lowest BCUT2D eigenvalue weighted by Crippen LogP contribution is -2.23. The zero-order valence-corrected chi connectivity index (χ0v) is 13.3. The van der Waals surface area contributed by atoms with Crippen molar-refractivity contribution in [3.8, 4) is 0 Å². The molecule has 118 valence electrons. The molecule has 0 aromatic carbocycles. The molecular formula is C13H25O6P. The molecule has 20 heavy (non-hydrogen) atoms. The van der Waals surface area contributed by atoms with Crippen LogP contribution in [0, 0.1) is 0 Å². The molecule has 0 amide bonds. The highest BCUT2D eigenvalue weighted by Crippen LogP contribution is 2.48. The van der Waals surface area contributed by atoms with Crippen LogP contribution < -0.4 is 0 Å². The first-order valence-corrected chi connectivity index (χ1v) is 8.55. The summed E-state index contributed by atoms with van der Waals surface area (Å²) in [7, 11) is -3.34. The van der Waals surface area contributed by atoms with E-state index in [0.717, 1.165) is 0 Å². The molecule has 0 fully saturated rings. The molecule has 1 N–H and O–H groups in total. The van der Waals surface area contributed by atoms with Crippen molar-refractivity contribution in [3.05, 3.63) is 12.2 Å². The topological polar surface area (TPSA) is 82.1 Å². The number of hydrogen-bond acceptors (Lipinski definition) is 6. The molecule has 0 aliphatic heterocycles. The zero-order chi connectivity index (χ0) is 15.4. The Bertz CT molecular complexity index is 330. The third-order valence-electron chi connectivity index (χ3n) is 2.14. The fourth-order valence-electron chi connectivity index (χ4n) is 1.28. The van der Waals surface area contributed by atoms with Gasteiger partial charge in [0.1, 0.15) is 6.61 Å². The van der Waals surface area contributed by atoms with Crippen LogP contribution in [0.3, 0.4) is 0 Å². The first-order valence-electron chi connectivity index (χ1n) is 6.83. The van der Waals surface area contributed by atoms with Crippen LogP contribution in [0.2, 0.25) is 0 Å². The third kappa shape index (κ3) is 9.26. The van der Waals surface area contributed by atoms with Crippen molar-refractivity contribution < 1.29 is 28.3 Å². The van der Waals surface area contributed by atoms with Crippen molar-refractivity contribution >= 4 is 13.6 Å². The summed E-state index contributed by atoms with van der Waals surface area (Å²) in [6.45, 7) is 5.82. The van der Waals surface area contributed by atoms with Gasteiger partial charge in [-0.3, -0.25) is 4.57 Å². The Morgan fingerprint density at radius 1 is 1.25 bits per heavy atom. The van der Waals surface area contributed by atoms with Gasteiger partial charge in [0.25, 0.3) is 0 Å². The van der Waals surface area contributed by atoms with Gasteiger partial charge < -0.3 is 18.9 Å². The summed E-state index contributed by atoms with van der Waals surface area (Å²) in [5, 5.41) is 9.77. The minimum Gasteiger partial charge on any atom is -0.460 e. The lowest BCUT2D eigenvalue weighted by molar-refractivity contribution is -0.140. The minimum atomic E-state index is -3.34. The Balaban J connectivity index is 4.33. The molecule has 1 unspecified atom stereocenters. The second-order valence-electron chi connectivity index (χ2n) is 4.24. The van der Waals surface area contributed by atoms with Crippen LogP contribution in [0.15, 0.2) is 12.2 Å². The predicted molar refractivity (Wildman–Crippen MR) is 76.7 cm³/mol. The molecule has 0 heterocycles. The van der Waals surface area contributed by atoms with Gasteiger partial charge in [0.2, 0.25) is 0 Å². The van der Waals surface area contributed by atoms with Crippen LogP contribution in [-0.2, 0) is 23.1 Å². The third-order valence-corrected chi connectivity index (χ3v) is 4.16. The molecule has 7 heteroatoms. The van der Waals surface area contributed by atoms with E-state index in [-0.39, 0.29) is 12.8 Å². The van der Waals surface area contributed by atoms with E-state index < -0.39 is 19.7 Å². The molecule has 0 bridgehead atoms. The van der Waals surface area contributed by atoms with Crippen LogP contribution in [0.1, 0.15) is 33.6 Å². The number of ether oxygens (including phenoxy) is 1. The monoisotopic (exact) mass is 308 g/mol. The van der Waals surface area contributed by atoms with E-state index in [0.29, 0.717) is 26.1 Å². The van der Waals surface area contributed by atoms with Crippen LogP contribution in [0.5, 0.6) is 0 Å². The molecule has 0 aromatic heterocycles. The van der Waals surface area contributed by atoms with E-state index in [2.05, 4.69) is 0 Å². The van der Waals surface area contributed by atoms with E-state index in [1.807, 2.05) is 13.8 Å². The largest absolute Gasteiger partial charge is 0.460 e. The number of carbonyl (C=O) groups excluding carboxylic acids is 1. The molecule has 0 aliphatic rings. The summed E-state index contributed by atoms with van der Waals surface area (Å²) in [6, 6.07) is 0. The maximum absolute atomic E-state index is 12.4. The molecule has 6 nitrogen and oxygen atoms in total. The van der Waals surface area contributed by atoms with Crippen LogP contribution in [0.4, 0.5) is 0 Å². The molecule has 0 aromatic rings. The molecule has 0 saturated heterocycles. The number of rotatable bonds is 11. The number of aliphatic hydroxyl groups excluding tert-OH is 1. The smallest absolute Gasteiger partial charge is 0.333 e. The van der Waals surface area contributed by atoms with Crippen molar-refractivity contribution in [2.75, 3.05) is 26.0 Å². The van der Waals surface area contributed by atoms with Crippen molar-refractivity contribution in [3.63, 3.8) is 0 Å². The standard InChI is InChI=1S/C13H25O6P/c1-4-7-13(15)17-10-12(14)11-20(16,18-8-5-2)19-9-6-3/h4,7,12,14H,5-6,8-11H2,1-3H3. The van der Waals surface area contributed by atoms with E-state index in [1.165, 1.54) is 12.2 Å². The van der Waals surface area contributed by atoms with Gasteiger partial charge >= 0.3 is 13.6 Å². The first-order chi connectivity index (χ1) is 9.47. The highest BCUT2D eigenvalue weighted by Gasteiger charge is 2.28. The van der Waals surface area contributed by atoms with Crippen LogP contribution in [-0.4, -0.2) is 43.2 Å². The lowest BCUT2D eigenvalue weighted by atomic mass is 10.4. The number of hydrogen-bond donors (Lipinski definition) is 1. The highest BCUT2D eigenvalue weighted by molar-refractivity contribution is 7.53. The Hall–Kier alpha value is -0.680. The minimum absolute atomic E-state index is 0.184. The summed E-state index contributed by atoms with van der Waals surface area (Å²) >= 11 is 0. The van der Waals surface area contributed by atoms with Gasteiger partial charge in [0, 0.05) is 6.08 Å². The maximum atomic E-state index is 12.4. The quantitative estimate of drug-likeness (QED) is 0.359. The van der Waals surface area contributed by atoms with E-state index in [1.54, 1.807) is 6.92 Å². The van der Waals surface area contributed by atoms with Crippen molar-refractivity contribution in [1.29, 1.82) is 0 Å². The van der Waals surface area contributed by atoms with E-state index in [9.17, 15) is 14.5 Å². The average Bonchev–Trinajstić information content (AvgIpc) is 2.41. The van der Waals surface area contributed by atoms with Gasteiger partial charge in [0.05, 0.1) is 25.5 Å². The normalized spacial score (nSPS) is 13.6. The molecule has 0 radical (unpaired) electrons. The number of carbonyl (C=O) groups is 1. The second kappa shape index (κ2) is 11.0. The lowest BCUT2D eigenvalue weighted by Gasteiger charge is -2.20. The molecular weight excluding hydrogens is 283 g/mol. The Morgan fingerprint density at radius 2 is 1.80 bits per heavy atom. The highest BCUT2D eigenvalue weighted by atomic mass is 31.2. The van der Waals surface area contributed by atoms with Crippen LogP contribution >= 0.6 is 7.60 Å². The fourth-order valence-corrected chi connectivity index (χ4v) is 3.11. The van der Waals surface area contributed by atoms with E-state index in [4.69, 9.17) is 13.8 Å². The molecule has 0 rings (SSSR count). The Kier molecular flexibility index (Phi) is 10.7. The summed E-state index contributed by atoms with van der Waals surface area (Å²) in [5.41, 5.74) is 0. The maximum Gasteiger partial charge on any atom is 0.333 e. The van der Waals surface area contributed by atoms with Gasteiger partial charge in [-0.05, 0) is 19.8 Å². The summed E-state index contributed by atoms with van der Waals surface area (Å²) in [6.07, 6.45) is 2.92. The fraction of sp³-hybridized carbons (Fsp3) is 0.769. The van der Waals surface area contributed by atoms with Crippen molar-refractivity contribution in [1.82, 2.24) is 0 Å². The van der Waals surface area contributed by atoms with Gasteiger partial charge in [-0.1, -0.05) is 19.9 Å². The van der Waals surface area contributed by atoms with Gasteiger partial charge in [0.15, 0.2) is 0 Å². The van der Waals surface area contributed by atoms with E-state index >= 15 is 0 Å². The number of allylic oxidation sites excluding steroid dienone is 1. The molecule has 0 aliphatic carbocycles. The predicted octanol–water partition coefficient (Wildman–Crippen LogP) is 2.51. The number of esters is 1. The number of aliphatic hydroxyl groups is 1. The van der Waals surface area contributed by atoms with Gasteiger partial charge in [-0.15, -0.1) is 0 Å². The van der Waals surface area contributed by atoms with Crippen LogP contribution in [0.25, 0.3) is 0 Å². The van der Waals surface area contributed by atoms with Crippen molar-refractivity contribution in [2.24, 2.45) is 0 Å². The van der Waals surface area contributed by atoms with Gasteiger partial charge in [-0.2, -0.15) is 0 Å². The summed E-state index contributed by atoms with van der Waals surface area (Å²) in [5.74, 6) is -0.551. The average molecular weight is 308 g/mol. The van der Waals surface area contributed by atoms with Crippen molar-refractivity contribution in [2.45, 2.75) is 39.7 Å².